The van der Waals surface area contributed by atoms with E-state index in [0.29, 0.717) is 5.95 Å². The lowest BCUT2D eigenvalue weighted by atomic mass is 10.3. The van der Waals surface area contributed by atoms with Gasteiger partial charge in [0, 0.05) is 11.1 Å². The van der Waals surface area contributed by atoms with E-state index >= 15 is 0 Å². The molecule has 2 heterocycles. The second-order valence-corrected chi connectivity index (χ2v) is 5.24. The van der Waals surface area contributed by atoms with Crippen LogP contribution < -0.4 is 5.73 Å². The van der Waals surface area contributed by atoms with Crippen molar-refractivity contribution in [3.8, 4) is 5.69 Å². The fourth-order valence-corrected chi connectivity index (χ4v) is 2.48. The van der Waals surface area contributed by atoms with Crippen LogP contribution in [0.15, 0.2) is 41.4 Å². The van der Waals surface area contributed by atoms with E-state index in [1.54, 1.807) is 11.8 Å². The van der Waals surface area contributed by atoms with Crippen molar-refractivity contribution in [3.63, 3.8) is 0 Å². The second kappa shape index (κ2) is 4.59. The van der Waals surface area contributed by atoms with Gasteiger partial charge in [-0.15, -0.1) is 11.8 Å². The van der Waals surface area contributed by atoms with E-state index in [4.69, 9.17) is 5.73 Å². The molecule has 1 aromatic carbocycles. The number of pyridine rings is 1. The number of imidazole rings is 1. The van der Waals surface area contributed by atoms with Crippen molar-refractivity contribution in [2.45, 2.75) is 11.8 Å². The molecule has 3 rings (SSSR count). The fraction of sp³-hybridized carbons (Fsp3) is 0.143. The quantitative estimate of drug-likeness (QED) is 0.727. The van der Waals surface area contributed by atoms with Gasteiger partial charge in [0.15, 0.2) is 5.65 Å². The van der Waals surface area contributed by atoms with E-state index in [9.17, 15) is 0 Å². The molecule has 0 spiro atoms. The highest BCUT2D eigenvalue weighted by molar-refractivity contribution is 7.98. The molecule has 0 atom stereocenters. The van der Waals surface area contributed by atoms with Crippen molar-refractivity contribution >= 4 is 28.9 Å². The summed E-state index contributed by atoms with van der Waals surface area (Å²) >= 11 is 1.71. The molecule has 0 aliphatic carbocycles. The minimum Gasteiger partial charge on any atom is -0.369 e. The Hall–Kier alpha value is -2.01. The molecule has 0 bridgehead atoms. The van der Waals surface area contributed by atoms with Crippen molar-refractivity contribution in [2.24, 2.45) is 0 Å². The molecule has 0 aliphatic heterocycles. The maximum atomic E-state index is 6.01. The number of benzene rings is 1. The normalized spacial score (nSPS) is 11.1. The summed E-state index contributed by atoms with van der Waals surface area (Å²) in [4.78, 5) is 10.0. The molecule has 0 amide bonds. The standard InChI is InChI=1S/C14H14N4S/c1-9-7-12-13(16-8-9)18(14(15)17-12)10-3-5-11(19-2)6-4-10/h3-8H,1-2H3,(H2,15,17). The SMILES string of the molecule is CSc1ccc(-n2c(N)nc3cc(C)cnc32)cc1. The monoisotopic (exact) mass is 270 g/mol. The maximum absolute atomic E-state index is 6.01. The third-order valence-electron chi connectivity index (χ3n) is 2.99. The van der Waals surface area contributed by atoms with Crippen LogP contribution in [-0.4, -0.2) is 20.8 Å². The highest BCUT2D eigenvalue weighted by Gasteiger charge is 2.11. The molecule has 2 N–H and O–H groups in total. The average Bonchev–Trinajstić information content (AvgIpc) is 2.74. The van der Waals surface area contributed by atoms with Gasteiger partial charge in [0.1, 0.15) is 5.52 Å². The van der Waals surface area contributed by atoms with Gasteiger partial charge in [-0.25, -0.2) is 9.97 Å². The second-order valence-electron chi connectivity index (χ2n) is 4.36. The highest BCUT2D eigenvalue weighted by Crippen LogP contribution is 2.23. The van der Waals surface area contributed by atoms with Gasteiger partial charge in [-0.3, -0.25) is 4.57 Å². The Morgan fingerprint density at radius 2 is 1.95 bits per heavy atom. The predicted molar refractivity (Wildman–Crippen MR) is 79.8 cm³/mol. The number of aromatic nitrogens is 3. The molecule has 0 saturated carbocycles. The molecule has 0 unspecified atom stereocenters. The molecule has 19 heavy (non-hydrogen) atoms. The Bertz CT molecular complexity index is 731. The summed E-state index contributed by atoms with van der Waals surface area (Å²) in [5.74, 6) is 0.463. The number of nitrogens with zero attached hydrogens (tertiary/aromatic N) is 3. The fourth-order valence-electron chi connectivity index (χ4n) is 2.07. The lowest BCUT2D eigenvalue weighted by Gasteiger charge is -2.06. The number of fused-ring (bicyclic) bond motifs is 1. The largest absolute Gasteiger partial charge is 0.369 e. The van der Waals surface area contributed by atoms with Gasteiger partial charge < -0.3 is 5.73 Å². The summed E-state index contributed by atoms with van der Waals surface area (Å²) in [6.45, 7) is 1.99. The van der Waals surface area contributed by atoms with Crippen molar-refractivity contribution in [1.82, 2.24) is 14.5 Å². The van der Waals surface area contributed by atoms with Crippen LogP contribution in [0.1, 0.15) is 5.56 Å². The summed E-state index contributed by atoms with van der Waals surface area (Å²) < 4.78 is 1.87. The third-order valence-corrected chi connectivity index (χ3v) is 3.73. The first kappa shape index (κ1) is 12.0. The lowest BCUT2D eigenvalue weighted by Crippen LogP contribution is -2.01. The Balaban J connectivity index is 2.20. The van der Waals surface area contributed by atoms with E-state index < -0.39 is 0 Å². The molecule has 3 aromatic rings. The van der Waals surface area contributed by atoms with Gasteiger partial charge in [-0.05, 0) is 49.1 Å². The molecule has 4 nitrogen and oxygen atoms in total. The number of hydrogen-bond donors (Lipinski definition) is 1. The maximum Gasteiger partial charge on any atom is 0.207 e. The van der Waals surface area contributed by atoms with E-state index in [0.717, 1.165) is 22.4 Å². The lowest BCUT2D eigenvalue weighted by molar-refractivity contribution is 1.08. The van der Waals surface area contributed by atoms with E-state index in [1.807, 2.05) is 35.9 Å². The van der Waals surface area contributed by atoms with Gasteiger partial charge in [0.05, 0.1) is 5.69 Å². The van der Waals surface area contributed by atoms with E-state index in [2.05, 4.69) is 28.4 Å². The number of thioether (sulfide) groups is 1. The smallest absolute Gasteiger partial charge is 0.207 e. The first-order valence-corrected chi connectivity index (χ1v) is 7.16. The summed E-state index contributed by atoms with van der Waals surface area (Å²) in [5.41, 5.74) is 9.69. The van der Waals surface area contributed by atoms with Crippen LogP contribution >= 0.6 is 11.8 Å². The topological polar surface area (TPSA) is 56.7 Å². The number of nitrogens with two attached hydrogens (primary N) is 1. The number of hydrogen-bond acceptors (Lipinski definition) is 4. The van der Waals surface area contributed by atoms with Crippen molar-refractivity contribution in [3.05, 3.63) is 42.1 Å². The average molecular weight is 270 g/mol. The zero-order chi connectivity index (χ0) is 13.4. The van der Waals surface area contributed by atoms with E-state index in [1.165, 1.54) is 4.90 Å². The van der Waals surface area contributed by atoms with Gasteiger partial charge in [-0.2, -0.15) is 0 Å². The summed E-state index contributed by atoms with van der Waals surface area (Å²) in [6.07, 6.45) is 3.89. The van der Waals surface area contributed by atoms with Crippen LogP contribution in [0, 0.1) is 6.92 Å². The van der Waals surface area contributed by atoms with E-state index in [-0.39, 0.29) is 0 Å². The van der Waals surface area contributed by atoms with Crippen molar-refractivity contribution in [1.29, 1.82) is 0 Å². The summed E-state index contributed by atoms with van der Waals surface area (Å²) in [5, 5.41) is 0. The Labute approximate surface area is 115 Å². The summed E-state index contributed by atoms with van der Waals surface area (Å²) in [7, 11) is 0. The summed E-state index contributed by atoms with van der Waals surface area (Å²) in [6, 6.07) is 10.2. The zero-order valence-corrected chi connectivity index (χ0v) is 11.6. The number of nitrogen functional groups attached to an aromatic ring is 1. The minimum absolute atomic E-state index is 0.463. The molecule has 2 aromatic heterocycles. The van der Waals surface area contributed by atoms with Crippen LogP contribution in [0.3, 0.4) is 0 Å². The molecule has 0 aliphatic rings. The van der Waals surface area contributed by atoms with Crippen LogP contribution in [-0.2, 0) is 0 Å². The first-order chi connectivity index (χ1) is 9.19. The minimum atomic E-state index is 0.463. The van der Waals surface area contributed by atoms with Crippen LogP contribution in [0.25, 0.3) is 16.9 Å². The highest BCUT2D eigenvalue weighted by atomic mass is 32.2. The van der Waals surface area contributed by atoms with Crippen molar-refractivity contribution in [2.75, 3.05) is 12.0 Å². The van der Waals surface area contributed by atoms with Gasteiger partial charge >= 0.3 is 0 Å². The molecular formula is C14H14N4S. The Morgan fingerprint density at radius 1 is 1.21 bits per heavy atom. The Kier molecular flexibility index (Phi) is 2.91. The number of aryl methyl sites for hydroxylation is 1. The number of anilines is 1. The van der Waals surface area contributed by atoms with Crippen LogP contribution in [0.4, 0.5) is 5.95 Å². The van der Waals surface area contributed by atoms with Gasteiger partial charge in [-0.1, -0.05) is 0 Å². The molecule has 0 radical (unpaired) electrons. The number of rotatable bonds is 2. The van der Waals surface area contributed by atoms with Gasteiger partial charge in [0.25, 0.3) is 0 Å². The zero-order valence-electron chi connectivity index (χ0n) is 10.8. The Morgan fingerprint density at radius 3 is 2.63 bits per heavy atom. The van der Waals surface area contributed by atoms with Crippen LogP contribution in [0.2, 0.25) is 0 Å². The molecule has 0 saturated heterocycles. The molecule has 0 fully saturated rings. The predicted octanol–water partition coefficient (Wildman–Crippen LogP) is 3.03. The first-order valence-electron chi connectivity index (χ1n) is 5.94. The molecular weight excluding hydrogens is 256 g/mol. The van der Waals surface area contributed by atoms with Crippen molar-refractivity contribution < 1.29 is 0 Å². The molecule has 5 heteroatoms. The third kappa shape index (κ3) is 2.06. The van der Waals surface area contributed by atoms with Crippen LogP contribution in [0.5, 0.6) is 0 Å². The molecule has 96 valence electrons. The van der Waals surface area contributed by atoms with Gasteiger partial charge in [0.2, 0.25) is 5.95 Å².